The van der Waals surface area contributed by atoms with Crippen molar-refractivity contribution in [2.75, 3.05) is 11.5 Å². The van der Waals surface area contributed by atoms with E-state index in [1.54, 1.807) is 0 Å². The van der Waals surface area contributed by atoms with Gasteiger partial charge in [-0.05, 0) is 12.1 Å². The van der Waals surface area contributed by atoms with Crippen LogP contribution in [-0.4, -0.2) is 29.9 Å². The number of sulfone groups is 1. The third-order valence-corrected chi connectivity index (χ3v) is 4.33. The predicted molar refractivity (Wildman–Crippen MR) is 74.0 cm³/mol. The Kier molecular flexibility index (Phi) is 3.99. The summed E-state index contributed by atoms with van der Waals surface area (Å²) in [5, 5.41) is -0.451. The van der Waals surface area contributed by atoms with E-state index in [4.69, 9.17) is 5.73 Å². The normalized spacial score (nSPS) is 11.3. The van der Waals surface area contributed by atoms with Gasteiger partial charge >= 0.3 is 0 Å². The van der Waals surface area contributed by atoms with Crippen molar-refractivity contribution >= 4 is 21.4 Å². The van der Waals surface area contributed by atoms with E-state index in [2.05, 4.69) is 9.97 Å². The van der Waals surface area contributed by atoms with Gasteiger partial charge in [-0.15, -0.1) is 0 Å². The number of benzene rings is 1. The smallest absolute Gasteiger partial charge is 0.249 e. The van der Waals surface area contributed by atoms with E-state index in [0.717, 1.165) is 12.3 Å². The van der Waals surface area contributed by atoms with Crippen LogP contribution in [0.1, 0.15) is 22.8 Å². The van der Waals surface area contributed by atoms with Crippen molar-refractivity contribution in [1.29, 1.82) is 0 Å². The highest BCUT2D eigenvalue weighted by atomic mass is 32.2. The Morgan fingerprint density at radius 3 is 2.52 bits per heavy atom. The highest BCUT2D eigenvalue weighted by molar-refractivity contribution is 7.91. The summed E-state index contributed by atoms with van der Waals surface area (Å²) in [5.74, 6) is -1.89. The molecule has 0 amide bonds. The van der Waals surface area contributed by atoms with Crippen molar-refractivity contribution in [1.82, 2.24) is 9.97 Å². The highest BCUT2D eigenvalue weighted by Crippen LogP contribution is 2.18. The molecule has 0 unspecified atom stereocenters. The van der Waals surface area contributed by atoms with Crippen LogP contribution in [0.5, 0.6) is 0 Å². The van der Waals surface area contributed by atoms with Gasteiger partial charge in [0.05, 0.1) is 16.9 Å². The van der Waals surface area contributed by atoms with E-state index in [1.807, 2.05) is 0 Å². The predicted octanol–water partition coefficient (Wildman–Crippen LogP) is 1.22. The number of ketones is 1. The van der Waals surface area contributed by atoms with E-state index in [0.29, 0.717) is 0 Å². The Labute approximate surface area is 120 Å². The molecule has 0 aliphatic carbocycles. The maximum absolute atomic E-state index is 13.6. The summed E-state index contributed by atoms with van der Waals surface area (Å²) in [4.78, 5) is 19.4. The number of nitrogens with zero attached hydrogens (tertiary/aromatic N) is 2. The number of anilines is 1. The van der Waals surface area contributed by atoms with E-state index in [1.165, 1.54) is 25.1 Å². The third-order valence-electron chi connectivity index (χ3n) is 2.82. The Morgan fingerprint density at radius 2 is 1.95 bits per heavy atom. The van der Waals surface area contributed by atoms with Gasteiger partial charge in [0, 0.05) is 6.20 Å². The van der Waals surface area contributed by atoms with Gasteiger partial charge in [0.2, 0.25) is 20.8 Å². The van der Waals surface area contributed by atoms with Crippen molar-refractivity contribution in [3.05, 3.63) is 47.4 Å². The van der Waals surface area contributed by atoms with Crippen LogP contribution in [0.3, 0.4) is 0 Å². The van der Waals surface area contributed by atoms with E-state index in [-0.39, 0.29) is 22.7 Å². The van der Waals surface area contributed by atoms with Crippen molar-refractivity contribution in [3.8, 4) is 0 Å². The van der Waals surface area contributed by atoms with Crippen LogP contribution >= 0.6 is 0 Å². The van der Waals surface area contributed by atoms with Crippen molar-refractivity contribution < 1.29 is 17.6 Å². The van der Waals surface area contributed by atoms with Crippen LogP contribution in [-0.2, 0) is 9.84 Å². The van der Waals surface area contributed by atoms with Gasteiger partial charge in [-0.2, -0.15) is 0 Å². The van der Waals surface area contributed by atoms with Gasteiger partial charge < -0.3 is 5.73 Å². The SMILES string of the molecule is CCS(=O)(=O)c1ncc(C(=O)c2ccccc2F)c(N)n1. The minimum Gasteiger partial charge on any atom is -0.383 e. The average molecular weight is 309 g/mol. The number of rotatable bonds is 4. The van der Waals surface area contributed by atoms with Gasteiger partial charge in [-0.3, -0.25) is 4.79 Å². The summed E-state index contributed by atoms with van der Waals surface area (Å²) in [6, 6.07) is 5.39. The zero-order valence-corrected chi connectivity index (χ0v) is 11.9. The van der Waals surface area contributed by atoms with Gasteiger partial charge in [-0.25, -0.2) is 22.8 Å². The number of carbonyl (C=O) groups is 1. The largest absolute Gasteiger partial charge is 0.383 e. The second-order valence-corrected chi connectivity index (χ2v) is 6.34. The molecule has 1 aromatic heterocycles. The zero-order chi connectivity index (χ0) is 15.6. The Hall–Kier alpha value is -2.35. The highest BCUT2D eigenvalue weighted by Gasteiger charge is 2.21. The van der Waals surface area contributed by atoms with Gasteiger partial charge in [0.15, 0.2) is 0 Å². The van der Waals surface area contributed by atoms with Crippen LogP contribution in [0.4, 0.5) is 10.2 Å². The number of nitrogens with two attached hydrogens (primary N) is 1. The standard InChI is InChI=1S/C13H12FN3O3S/c1-2-21(19,20)13-16-7-9(12(15)17-13)11(18)8-5-3-4-6-10(8)14/h3-7H,2H2,1H3,(H2,15,16,17). The molecule has 2 N–H and O–H groups in total. The maximum atomic E-state index is 13.6. The molecular formula is C13H12FN3O3S. The Balaban J connectivity index is 2.48. The third kappa shape index (κ3) is 2.89. The lowest BCUT2D eigenvalue weighted by molar-refractivity contribution is 0.103. The molecule has 0 bridgehead atoms. The van der Waals surface area contributed by atoms with Crippen molar-refractivity contribution in [3.63, 3.8) is 0 Å². The summed E-state index contributed by atoms with van der Waals surface area (Å²) in [7, 11) is -3.62. The molecule has 0 atom stereocenters. The first-order valence-corrected chi connectivity index (χ1v) is 7.66. The van der Waals surface area contributed by atoms with Crippen LogP contribution < -0.4 is 5.73 Å². The molecule has 6 nitrogen and oxygen atoms in total. The molecule has 1 aromatic carbocycles. The van der Waals surface area contributed by atoms with E-state index >= 15 is 0 Å². The van der Waals surface area contributed by atoms with Crippen LogP contribution in [0.2, 0.25) is 0 Å². The number of hydrogen-bond donors (Lipinski definition) is 1. The topological polar surface area (TPSA) is 103 Å². The molecule has 8 heteroatoms. The first kappa shape index (κ1) is 15.0. The minimum atomic E-state index is -3.62. The maximum Gasteiger partial charge on any atom is 0.249 e. The molecule has 0 radical (unpaired) electrons. The quantitative estimate of drug-likeness (QED) is 0.673. The van der Waals surface area contributed by atoms with Gasteiger partial charge in [0.1, 0.15) is 11.6 Å². The zero-order valence-electron chi connectivity index (χ0n) is 11.1. The summed E-state index contributed by atoms with van der Waals surface area (Å²) in [6.07, 6.45) is 1.000. The number of carbonyl (C=O) groups excluding carboxylic acids is 1. The molecule has 0 spiro atoms. The van der Waals surface area contributed by atoms with E-state index in [9.17, 15) is 17.6 Å². The fraction of sp³-hybridized carbons (Fsp3) is 0.154. The molecule has 21 heavy (non-hydrogen) atoms. The molecule has 1 heterocycles. The second kappa shape index (κ2) is 5.57. The number of halogens is 1. The lowest BCUT2D eigenvalue weighted by Crippen LogP contribution is -2.14. The van der Waals surface area contributed by atoms with Gasteiger partial charge in [0.25, 0.3) is 0 Å². The first-order valence-electron chi connectivity index (χ1n) is 6.01. The first-order chi connectivity index (χ1) is 9.86. The molecule has 2 rings (SSSR count). The molecule has 0 aliphatic rings. The van der Waals surface area contributed by atoms with Crippen LogP contribution in [0, 0.1) is 5.82 Å². The average Bonchev–Trinajstić information content (AvgIpc) is 2.47. The lowest BCUT2D eigenvalue weighted by atomic mass is 10.1. The number of hydrogen-bond acceptors (Lipinski definition) is 6. The summed E-state index contributed by atoms with van der Waals surface area (Å²) < 4.78 is 36.8. The molecule has 110 valence electrons. The molecule has 0 saturated carbocycles. The molecule has 0 saturated heterocycles. The lowest BCUT2D eigenvalue weighted by Gasteiger charge is -2.06. The van der Waals surface area contributed by atoms with Crippen LogP contribution in [0.15, 0.2) is 35.6 Å². The summed E-state index contributed by atoms with van der Waals surface area (Å²) >= 11 is 0. The fourth-order valence-electron chi connectivity index (χ4n) is 1.62. The van der Waals surface area contributed by atoms with Crippen molar-refractivity contribution in [2.45, 2.75) is 12.1 Å². The number of aromatic nitrogens is 2. The minimum absolute atomic E-state index is 0.143. The summed E-state index contributed by atoms with van der Waals surface area (Å²) in [6.45, 7) is 1.44. The van der Waals surface area contributed by atoms with E-state index < -0.39 is 26.6 Å². The molecule has 2 aromatic rings. The molecule has 0 aliphatic heterocycles. The fourth-order valence-corrected chi connectivity index (χ4v) is 2.33. The summed E-state index contributed by atoms with van der Waals surface area (Å²) in [5.41, 5.74) is 5.28. The molecular weight excluding hydrogens is 297 g/mol. The Morgan fingerprint density at radius 1 is 1.29 bits per heavy atom. The monoisotopic (exact) mass is 309 g/mol. The van der Waals surface area contributed by atoms with Crippen LogP contribution in [0.25, 0.3) is 0 Å². The second-order valence-electron chi connectivity index (χ2n) is 4.16. The van der Waals surface area contributed by atoms with Gasteiger partial charge in [-0.1, -0.05) is 19.1 Å². The Bertz CT molecular complexity index is 806. The number of nitrogen functional groups attached to an aromatic ring is 1. The molecule has 0 fully saturated rings. The van der Waals surface area contributed by atoms with Crippen molar-refractivity contribution in [2.24, 2.45) is 0 Å².